The fourth-order valence-electron chi connectivity index (χ4n) is 3.47. The number of rotatable bonds is 18. The van der Waals surface area contributed by atoms with Gasteiger partial charge in [0.1, 0.15) is 24.2 Å². The van der Waals surface area contributed by atoms with Gasteiger partial charge < -0.3 is 58.8 Å². The van der Waals surface area contributed by atoms with Crippen LogP contribution in [0.4, 0.5) is 0 Å². The number of nitrogens with two attached hydrogens (primary N) is 3. The number of aliphatic carboxylic acids is 1. The molecule has 19 nitrogen and oxygen atoms in total. The highest BCUT2D eigenvalue weighted by Gasteiger charge is 2.34. The van der Waals surface area contributed by atoms with Crippen LogP contribution >= 0.6 is 0 Å². The van der Waals surface area contributed by atoms with Crippen LogP contribution in [0.5, 0.6) is 0 Å². The lowest BCUT2D eigenvalue weighted by Crippen LogP contribution is -2.60. The first-order chi connectivity index (χ1) is 19.5. The number of nitrogens with one attached hydrogen (secondary N) is 5. The summed E-state index contributed by atoms with van der Waals surface area (Å²) in [6, 6.07) is -7.89. The minimum Gasteiger partial charge on any atom is -0.480 e. The average Bonchev–Trinajstić information content (AvgIpc) is 3.40. The van der Waals surface area contributed by atoms with Crippen molar-refractivity contribution < 1.29 is 48.9 Å². The molecule has 0 bridgehead atoms. The van der Waals surface area contributed by atoms with Gasteiger partial charge in [-0.25, -0.2) is 9.78 Å². The van der Waals surface area contributed by atoms with E-state index in [1.807, 2.05) is 5.32 Å². The van der Waals surface area contributed by atoms with E-state index in [4.69, 9.17) is 17.2 Å². The predicted molar refractivity (Wildman–Crippen MR) is 141 cm³/mol. The molecule has 0 radical (unpaired) electrons. The van der Waals surface area contributed by atoms with Crippen LogP contribution in [0.3, 0.4) is 0 Å². The number of aliphatic hydroxyl groups is 2. The fraction of sp³-hybridized carbons (Fsp3) is 0.565. The molecule has 42 heavy (non-hydrogen) atoms. The monoisotopic (exact) mass is 599 g/mol. The summed E-state index contributed by atoms with van der Waals surface area (Å²) in [4.78, 5) is 92.5. The van der Waals surface area contributed by atoms with Crippen LogP contribution in [0, 0.1) is 0 Å². The molecule has 0 saturated heterocycles. The number of carbonyl (C=O) groups is 7. The van der Waals surface area contributed by atoms with Crippen molar-refractivity contribution in [2.75, 3.05) is 0 Å². The molecule has 1 aromatic rings. The Kier molecular flexibility index (Phi) is 14.0. The summed E-state index contributed by atoms with van der Waals surface area (Å²) < 4.78 is 0. The number of carbonyl (C=O) groups excluding carboxylic acids is 6. The molecule has 0 saturated carbocycles. The predicted octanol–water partition coefficient (Wildman–Crippen LogP) is -5.79. The Labute approximate surface area is 239 Å². The molecule has 6 amide bonds. The molecule has 0 aliphatic carbocycles. The first-order valence-electron chi connectivity index (χ1n) is 12.6. The number of H-pyrrole nitrogens is 1. The molecule has 0 aliphatic rings. The number of aromatic amines is 1. The summed E-state index contributed by atoms with van der Waals surface area (Å²) in [7, 11) is 0. The van der Waals surface area contributed by atoms with Crippen LogP contribution in [0.25, 0.3) is 0 Å². The number of nitrogens with zero attached hydrogens (tertiary/aromatic N) is 1. The number of aliphatic hydroxyl groups excluding tert-OH is 2. The second-order valence-electron chi connectivity index (χ2n) is 9.47. The lowest BCUT2D eigenvalue weighted by molar-refractivity contribution is -0.145. The minimum atomic E-state index is -1.77. The zero-order valence-electron chi connectivity index (χ0n) is 22.9. The van der Waals surface area contributed by atoms with E-state index in [2.05, 4.69) is 25.9 Å². The van der Waals surface area contributed by atoms with Gasteiger partial charge in [-0.3, -0.25) is 28.8 Å². The van der Waals surface area contributed by atoms with Crippen molar-refractivity contribution in [3.63, 3.8) is 0 Å². The number of aromatic nitrogens is 2. The molecular weight excluding hydrogens is 562 g/mol. The Morgan fingerprint density at radius 2 is 1.38 bits per heavy atom. The van der Waals surface area contributed by atoms with E-state index < -0.39 is 103 Å². The van der Waals surface area contributed by atoms with Crippen LogP contribution in [0.1, 0.15) is 38.8 Å². The average molecular weight is 600 g/mol. The molecule has 1 rings (SSSR count). The minimum absolute atomic E-state index is 0.186. The number of hydrogen-bond donors (Lipinski definition) is 11. The fourth-order valence-corrected chi connectivity index (χ4v) is 3.47. The zero-order chi connectivity index (χ0) is 32.1. The smallest absolute Gasteiger partial charge is 0.328 e. The van der Waals surface area contributed by atoms with Gasteiger partial charge in [-0.15, -0.1) is 0 Å². The number of primary amides is 2. The molecule has 234 valence electrons. The van der Waals surface area contributed by atoms with Crippen LogP contribution < -0.4 is 38.5 Å². The van der Waals surface area contributed by atoms with Crippen LogP contribution in [0.2, 0.25) is 0 Å². The quantitative estimate of drug-likeness (QED) is 0.0751. The molecule has 0 unspecified atom stereocenters. The first kappa shape index (κ1) is 35.4. The third-order valence-electron chi connectivity index (χ3n) is 5.83. The van der Waals surface area contributed by atoms with Gasteiger partial charge in [-0.1, -0.05) is 0 Å². The van der Waals surface area contributed by atoms with Gasteiger partial charge in [0.05, 0.1) is 25.0 Å². The van der Waals surface area contributed by atoms with E-state index in [9.17, 15) is 48.9 Å². The summed E-state index contributed by atoms with van der Waals surface area (Å²) in [6.07, 6.45) is -1.95. The summed E-state index contributed by atoms with van der Waals surface area (Å²) in [5.74, 6) is -7.63. The number of hydrogen-bond acceptors (Lipinski definition) is 11. The highest BCUT2D eigenvalue weighted by Crippen LogP contribution is 2.05. The summed E-state index contributed by atoms with van der Waals surface area (Å²) in [5.41, 5.74) is 16.4. The van der Waals surface area contributed by atoms with Crippen molar-refractivity contribution in [2.24, 2.45) is 17.2 Å². The molecule has 0 aliphatic heterocycles. The van der Waals surface area contributed by atoms with Gasteiger partial charge in [0.2, 0.25) is 35.4 Å². The van der Waals surface area contributed by atoms with Gasteiger partial charge in [-0.2, -0.15) is 0 Å². The number of carboxylic acid groups (broad SMARTS) is 1. The Hall–Kier alpha value is -4.62. The molecule has 7 atom stereocenters. The summed E-state index contributed by atoms with van der Waals surface area (Å²) in [6.45, 7) is 2.35. The Bertz CT molecular complexity index is 1130. The maximum atomic E-state index is 13.2. The summed E-state index contributed by atoms with van der Waals surface area (Å²) in [5, 5.41) is 37.4. The van der Waals surface area contributed by atoms with Crippen LogP contribution in [-0.4, -0.2) is 109 Å². The Morgan fingerprint density at radius 1 is 0.833 bits per heavy atom. The summed E-state index contributed by atoms with van der Waals surface area (Å²) >= 11 is 0. The van der Waals surface area contributed by atoms with E-state index >= 15 is 0 Å². The van der Waals surface area contributed by atoms with Crippen molar-refractivity contribution in [2.45, 2.75) is 81.9 Å². The van der Waals surface area contributed by atoms with Gasteiger partial charge in [0, 0.05) is 24.7 Å². The maximum absolute atomic E-state index is 13.2. The van der Waals surface area contributed by atoms with E-state index in [-0.39, 0.29) is 6.42 Å². The van der Waals surface area contributed by atoms with E-state index in [1.165, 1.54) is 19.4 Å². The second kappa shape index (κ2) is 16.6. The number of carboxylic acids is 1. The molecule has 0 aromatic carbocycles. The van der Waals surface area contributed by atoms with Crippen LogP contribution in [-0.2, 0) is 40.0 Å². The normalized spacial score (nSPS) is 15.9. The van der Waals surface area contributed by atoms with Crippen molar-refractivity contribution >= 4 is 41.4 Å². The SMILES string of the molecule is C[C@@H](O)[C@H](N)C(=O)N[C@@H](Cc1cnc[nH]1)C(=O)N[C@@H](CC(N)=O)C(=O)N[C@@H](CCC(N)=O)C(=O)N[C@H](C(=O)O)[C@@H](C)O. The largest absolute Gasteiger partial charge is 0.480 e. The molecular formula is C23H37N9O10. The first-order valence-corrected chi connectivity index (χ1v) is 12.6. The number of imidazole rings is 1. The standard InChI is InChI=1S/C23H37N9O10/c1-9(33)17(26)22(40)31-13(5-11-7-27-8-28-11)20(38)30-14(6-16(25)36)21(39)29-12(3-4-15(24)35)19(37)32-18(10(2)34)23(41)42/h7-10,12-14,17-18,33-34H,3-6,26H2,1-2H3,(H2,24,35)(H2,25,36)(H,27,28)(H,29,39)(H,30,38)(H,31,40)(H,32,37)(H,41,42)/t9-,10-,12+,13+,14+,17+,18+/m1/s1. The Morgan fingerprint density at radius 3 is 1.86 bits per heavy atom. The molecule has 1 aromatic heterocycles. The lowest BCUT2D eigenvalue weighted by atomic mass is 10.1. The van der Waals surface area contributed by atoms with Crippen molar-refractivity contribution in [1.82, 2.24) is 31.2 Å². The van der Waals surface area contributed by atoms with Crippen molar-refractivity contribution in [3.05, 3.63) is 18.2 Å². The van der Waals surface area contributed by atoms with Gasteiger partial charge in [0.15, 0.2) is 6.04 Å². The highest BCUT2D eigenvalue weighted by atomic mass is 16.4. The maximum Gasteiger partial charge on any atom is 0.328 e. The molecule has 1 heterocycles. The molecule has 0 spiro atoms. The third-order valence-corrected chi connectivity index (χ3v) is 5.83. The number of amides is 6. The van der Waals surface area contributed by atoms with Crippen molar-refractivity contribution in [3.8, 4) is 0 Å². The van der Waals surface area contributed by atoms with Gasteiger partial charge >= 0.3 is 5.97 Å². The van der Waals surface area contributed by atoms with E-state index in [1.54, 1.807) is 0 Å². The molecule has 14 N–H and O–H groups in total. The lowest BCUT2D eigenvalue weighted by Gasteiger charge is -2.26. The Balaban J connectivity index is 3.21. The highest BCUT2D eigenvalue weighted by molar-refractivity contribution is 5.97. The van der Waals surface area contributed by atoms with Crippen LogP contribution in [0.15, 0.2) is 12.5 Å². The second-order valence-corrected chi connectivity index (χ2v) is 9.47. The van der Waals surface area contributed by atoms with E-state index in [0.29, 0.717) is 5.69 Å². The zero-order valence-corrected chi connectivity index (χ0v) is 22.9. The van der Waals surface area contributed by atoms with E-state index in [0.717, 1.165) is 6.92 Å². The molecule has 19 heteroatoms. The topological polar surface area (TPSA) is 335 Å². The van der Waals surface area contributed by atoms with Crippen molar-refractivity contribution in [1.29, 1.82) is 0 Å². The van der Waals surface area contributed by atoms with Gasteiger partial charge in [0.25, 0.3) is 0 Å². The molecule has 0 fully saturated rings. The van der Waals surface area contributed by atoms with Gasteiger partial charge in [-0.05, 0) is 20.3 Å². The third kappa shape index (κ3) is 11.9.